The molecular formula is C12H23N3S. The van der Waals surface area contributed by atoms with Crippen LogP contribution in [0.5, 0.6) is 0 Å². The van der Waals surface area contributed by atoms with E-state index in [0.29, 0.717) is 0 Å². The maximum Gasteiger partial charge on any atom is 0.0943 e. The van der Waals surface area contributed by atoms with Crippen LogP contribution in [-0.2, 0) is 12.8 Å². The van der Waals surface area contributed by atoms with Gasteiger partial charge in [0.25, 0.3) is 0 Å². The SMILES string of the molecule is CCN(CC)CCc1nc(C)c(CCN)s1. The molecule has 0 aromatic carbocycles. The maximum atomic E-state index is 5.57. The van der Waals surface area contributed by atoms with Gasteiger partial charge in [-0.1, -0.05) is 13.8 Å². The van der Waals surface area contributed by atoms with E-state index in [4.69, 9.17) is 5.73 Å². The Morgan fingerprint density at radius 1 is 1.25 bits per heavy atom. The van der Waals surface area contributed by atoms with Crippen molar-refractivity contribution in [1.29, 1.82) is 0 Å². The van der Waals surface area contributed by atoms with E-state index in [1.165, 1.54) is 15.6 Å². The first-order valence-corrected chi connectivity index (χ1v) is 6.90. The number of hydrogen-bond acceptors (Lipinski definition) is 4. The summed E-state index contributed by atoms with van der Waals surface area (Å²) in [5, 5.41) is 1.26. The molecule has 0 aliphatic carbocycles. The second-order valence-electron chi connectivity index (χ2n) is 3.93. The highest BCUT2D eigenvalue weighted by molar-refractivity contribution is 7.11. The lowest BCUT2D eigenvalue weighted by Crippen LogP contribution is -2.25. The molecule has 16 heavy (non-hydrogen) atoms. The molecule has 0 aliphatic heterocycles. The monoisotopic (exact) mass is 241 g/mol. The van der Waals surface area contributed by atoms with Gasteiger partial charge in [0.1, 0.15) is 0 Å². The summed E-state index contributed by atoms with van der Waals surface area (Å²) in [6.07, 6.45) is 2.03. The fourth-order valence-corrected chi connectivity index (χ4v) is 2.83. The van der Waals surface area contributed by atoms with Gasteiger partial charge in [-0.15, -0.1) is 11.3 Å². The normalized spacial score (nSPS) is 11.3. The lowest BCUT2D eigenvalue weighted by molar-refractivity contribution is 0.308. The molecule has 0 radical (unpaired) electrons. The second-order valence-corrected chi connectivity index (χ2v) is 5.10. The average Bonchev–Trinajstić information content (AvgIpc) is 2.62. The topological polar surface area (TPSA) is 42.2 Å². The molecule has 0 saturated carbocycles. The standard InChI is InChI=1S/C12H23N3S/c1-4-15(5-2)9-7-12-14-10(3)11(16-12)6-8-13/h4-9,13H2,1-3H3. The summed E-state index contributed by atoms with van der Waals surface area (Å²) >= 11 is 1.83. The van der Waals surface area contributed by atoms with Crippen molar-refractivity contribution in [2.45, 2.75) is 33.6 Å². The number of aromatic nitrogens is 1. The van der Waals surface area contributed by atoms with E-state index in [0.717, 1.165) is 39.0 Å². The van der Waals surface area contributed by atoms with Gasteiger partial charge in [-0.2, -0.15) is 0 Å². The van der Waals surface area contributed by atoms with Crippen molar-refractivity contribution in [2.75, 3.05) is 26.2 Å². The molecule has 4 heteroatoms. The largest absolute Gasteiger partial charge is 0.330 e. The Hall–Kier alpha value is -0.450. The number of thiazole rings is 1. The molecule has 1 aromatic heterocycles. The Morgan fingerprint density at radius 3 is 2.50 bits per heavy atom. The summed E-state index contributed by atoms with van der Waals surface area (Å²) in [6, 6.07) is 0. The predicted octanol–water partition coefficient (Wildman–Crippen LogP) is 1.84. The molecule has 3 nitrogen and oxygen atoms in total. The van der Waals surface area contributed by atoms with Crippen molar-refractivity contribution in [3.8, 4) is 0 Å². The van der Waals surface area contributed by atoms with Gasteiger partial charge in [0.2, 0.25) is 0 Å². The van der Waals surface area contributed by atoms with Gasteiger partial charge in [0.15, 0.2) is 0 Å². The molecule has 0 fully saturated rings. The molecule has 0 unspecified atom stereocenters. The molecule has 1 heterocycles. The lowest BCUT2D eigenvalue weighted by atomic mass is 10.3. The van der Waals surface area contributed by atoms with Crippen LogP contribution in [0, 0.1) is 6.92 Å². The minimum atomic E-state index is 0.721. The molecule has 1 aromatic rings. The fraction of sp³-hybridized carbons (Fsp3) is 0.750. The van der Waals surface area contributed by atoms with E-state index in [1.807, 2.05) is 11.3 Å². The summed E-state index contributed by atoms with van der Waals surface area (Å²) in [4.78, 5) is 8.39. The number of likely N-dealkylation sites (N-methyl/N-ethyl adjacent to an activating group) is 1. The maximum absolute atomic E-state index is 5.57. The third kappa shape index (κ3) is 3.85. The molecule has 0 aliphatic rings. The third-order valence-electron chi connectivity index (χ3n) is 2.84. The van der Waals surface area contributed by atoms with Gasteiger partial charge < -0.3 is 10.6 Å². The second kappa shape index (κ2) is 6.99. The molecule has 0 atom stereocenters. The molecular weight excluding hydrogens is 218 g/mol. The number of rotatable bonds is 7. The first-order chi connectivity index (χ1) is 7.71. The molecule has 0 saturated heterocycles. The van der Waals surface area contributed by atoms with Crippen LogP contribution in [0.25, 0.3) is 0 Å². The van der Waals surface area contributed by atoms with Crippen molar-refractivity contribution < 1.29 is 0 Å². The van der Waals surface area contributed by atoms with Gasteiger partial charge in [-0.25, -0.2) is 4.98 Å². The Bertz CT molecular complexity index is 305. The Balaban J connectivity index is 2.51. The Kier molecular flexibility index (Phi) is 5.95. The highest BCUT2D eigenvalue weighted by Gasteiger charge is 2.08. The smallest absolute Gasteiger partial charge is 0.0943 e. The van der Waals surface area contributed by atoms with Crippen molar-refractivity contribution in [3.05, 3.63) is 15.6 Å². The fourth-order valence-electron chi connectivity index (χ4n) is 1.75. The number of hydrogen-bond donors (Lipinski definition) is 1. The van der Waals surface area contributed by atoms with E-state index in [1.54, 1.807) is 0 Å². The minimum absolute atomic E-state index is 0.721. The van der Waals surface area contributed by atoms with E-state index >= 15 is 0 Å². The number of aryl methyl sites for hydroxylation is 1. The van der Waals surface area contributed by atoms with Crippen LogP contribution in [-0.4, -0.2) is 36.1 Å². The lowest BCUT2D eigenvalue weighted by Gasteiger charge is -2.16. The highest BCUT2D eigenvalue weighted by atomic mass is 32.1. The third-order valence-corrected chi connectivity index (χ3v) is 4.12. The summed E-state index contributed by atoms with van der Waals surface area (Å²) in [6.45, 7) is 10.6. The quantitative estimate of drug-likeness (QED) is 0.792. The molecule has 0 amide bonds. The van der Waals surface area contributed by atoms with Crippen LogP contribution in [0.2, 0.25) is 0 Å². The summed E-state index contributed by atoms with van der Waals surface area (Å²) in [5.41, 5.74) is 6.75. The number of nitrogens with zero attached hydrogens (tertiary/aromatic N) is 2. The van der Waals surface area contributed by atoms with Gasteiger partial charge in [-0.3, -0.25) is 0 Å². The zero-order chi connectivity index (χ0) is 12.0. The average molecular weight is 241 g/mol. The van der Waals surface area contributed by atoms with E-state index in [9.17, 15) is 0 Å². The van der Waals surface area contributed by atoms with E-state index in [-0.39, 0.29) is 0 Å². The summed E-state index contributed by atoms with van der Waals surface area (Å²) < 4.78 is 0. The van der Waals surface area contributed by atoms with Crippen LogP contribution in [0.4, 0.5) is 0 Å². The minimum Gasteiger partial charge on any atom is -0.330 e. The molecule has 92 valence electrons. The highest BCUT2D eigenvalue weighted by Crippen LogP contribution is 2.18. The van der Waals surface area contributed by atoms with Gasteiger partial charge in [0.05, 0.1) is 10.7 Å². The molecule has 0 bridgehead atoms. The van der Waals surface area contributed by atoms with Crippen LogP contribution in [0.1, 0.15) is 29.4 Å². The Labute approximate surface area is 103 Å². The molecule has 1 rings (SSSR count). The van der Waals surface area contributed by atoms with Crippen molar-refractivity contribution >= 4 is 11.3 Å². The van der Waals surface area contributed by atoms with E-state index < -0.39 is 0 Å². The van der Waals surface area contributed by atoms with Crippen LogP contribution >= 0.6 is 11.3 Å². The van der Waals surface area contributed by atoms with Crippen LogP contribution in [0.15, 0.2) is 0 Å². The van der Waals surface area contributed by atoms with E-state index in [2.05, 4.69) is 30.7 Å². The Morgan fingerprint density at radius 2 is 1.94 bits per heavy atom. The zero-order valence-electron chi connectivity index (χ0n) is 10.6. The van der Waals surface area contributed by atoms with Crippen LogP contribution < -0.4 is 5.73 Å². The first kappa shape index (κ1) is 13.6. The zero-order valence-corrected chi connectivity index (χ0v) is 11.4. The number of nitrogens with two attached hydrogens (primary N) is 1. The van der Waals surface area contributed by atoms with Crippen molar-refractivity contribution in [1.82, 2.24) is 9.88 Å². The molecule has 0 spiro atoms. The predicted molar refractivity (Wildman–Crippen MR) is 71.1 cm³/mol. The van der Waals surface area contributed by atoms with Gasteiger partial charge in [-0.05, 0) is 33.0 Å². The van der Waals surface area contributed by atoms with Crippen molar-refractivity contribution in [3.63, 3.8) is 0 Å². The molecule has 2 N–H and O–H groups in total. The van der Waals surface area contributed by atoms with Crippen LogP contribution in [0.3, 0.4) is 0 Å². The first-order valence-electron chi connectivity index (χ1n) is 6.08. The summed E-state index contributed by atoms with van der Waals surface area (Å²) in [5.74, 6) is 0. The van der Waals surface area contributed by atoms with Gasteiger partial charge >= 0.3 is 0 Å². The van der Waals surface area contributed by atoms with Crippen molar-refractivity contribution in [2.24, 2.45) is 5.73 Å². The summed E-state index contributed by atoms with van der Waals surface area (Å²) in [7, 11) is 0. The van der Waals surface area contributed by atoms with Gasteiger partial charge in [0, 0.05) is 17.8 Å².